The molecule has 0 saturated carbocycles. The third-order valence-corrected chi connectivity index (χ3v) is 2.00. The Labute approximate surface area is 103 Å². The lowest BCUT2D eigenvalue weighted by Gasteiger charge is -2.19. The minimum absolute atomic E-state index is 0. The molecule has 0 aromatic carbocycles. The molecule has 0 spiro atoms. The van der Waals surface area contributed by atoms with Gasteiger partial charge in [0.1, 0.15) is 5.82 Å². The Morgan fingerprint density at radius 3 is 2.20 bits per heavy atom. The zero-order valence-electron chi connectivity index (χ0n) is 8.93. The van der Waals surface area contributed by atoms with Gasteiger partial charge >= 0.3 is 0 Å². The molecular formula is C9H18Cl2N4. The molecule has 0 radical (unpaired) electrons. The molecule has 0 amide bonds. The predicted molar refractivity (Wildman–Crippen MR) is 70.1 cm³/mol. The van der Waals surface area contributed by atoms with Crippen molar-refractivity contribution >= 4 is 36.3 Å². The van der Waals surface area contributed by atoms with Gasteiger partial charge in [-0.05, 0) is 26.0 Å². The van der Waals surface area contributed by atoms with Gasteiger partial charge < -0.3 is 10.3 Å². The summed E-state index contributed by atoms with van der Waals surface area (Å²) in [6, 6.07) is 3.88. The van der Waals surface area contributed by atoms with Crippen molar-refractivity contribution in [3.05, 3.63) is 18.3 Å². The Kier molecular flexibility index (Phi) is 9.57. The number of hydrogen-bond donors (Lipinski definition) is 2. The van der Waals surface area contributed by atoms with Gasteiger partial charge in [0.15, 0.2) is 0 Å². The number of rotatable bonds is 4. The van der Waals surface area contributed by atoms with E-state index in [1.807, 2.05) is 12.1 Å². The molecule has 1 heterocycles. The quantitative estimate of drug-likeness (QED) is 0.637. The van der Waals surface area contributed by atoms with Gasteiger partial charge in [0.2, 0.25) is 0 Å². The molecule has 1 aromatic rings. The summed E-state index contributed by atoms with van der Waals surface area (Å²) in [6.07, 6.45) is 1.73. The van der Waals surface area contributed by atoms with Crippen LogP contribution in [0.5, 0.6) is 0 Å². The van der Waals surface area contributed by atoms with Crippen molar-refractivity contribution < 1.29 is 0 Å². The second-order valence-corrected chi connectivity index (χ2v) is 2.72. The number of pyridine rings is 1. The summed E-state index contributed by atoms with van der Waals surface area (Å²) in [4.78, 5) is 6.46. The van der Waals surface area contributed by atoms with E-state index in [4.69, 9.17) is 5.84 Å². The molecule has 0 aliphatic heterocycles. The molecule has 0 aliphatic carbocycles. The minimum Gasteiger partial charge on any atom is -0.357 e. The van der Waals surface area contributed by atoms with Crippen molar-refractivity contribution in [3.63, 3.8) is 0 Å². The van der Waals surface area contributed by atoms with Gasteiger partial charge in [-0.25, -0.2) is 4.98 Å². The first-order chi connectivity index (χ1) is 6.31. The molecule has 0 saturated heterocycles. The number of nitrogens with zero attached hydrogens (tertiary/aromatic N) is 2. The molecule has 0 unspecified atom stereocenters. The van der Waals surface area contributed by atoms with Crippen molar-refractivity contribution in [1.82, 2.24) is 4.98 Å². The van der Waals surface area contributed by atoms with Gasteiger partial charge in [-0.2, -0.15) is 0 Å². The molecule has 88 valence electrons. The van der Waals surface area contributed by atoms with Gasteiger partial charge in [-0.3, -0.25) is 5.84 Å². The second kappa shape index (κ2) is 8.59. The van der Waals surface area contributed by atoms with E-state index in [9.17, 15) is 0 Å². The first-order valence-corrected chi connectivity index (χ1v) is 4.49. The van der Waals surface area contributed by atoms with E-state index in [1.54, 1.807) is 6.20 Å². The van der Waals surface area contributed by atoms with Crippen molar-refractivity contribution in [2.75, 3.05) is 23.4 Å². The molecule has 0 bridgehead atoms. The Morgan fingerprint density at radius 1 is 1.27 bits per heavy atom. The highest BCUT2D eigenvalue weighted by molar-refractivity contribution is 5.85. The van der Waals surface area contributed by atoms with Gasteiger partial charge in [-0.15, -0.1) is 24.8 Å². The number of aromatic nitrogens is 1. The third kappa shape index (κ3) is 4.55. The van der Waals surface area contributed by atoms with E-state index >= 15 is 0 Å². The fourth-order valence-electron chi connectivity index (χ4n) is 1.21. The number of hydrogen-bond acceptors (Lipinski definition) is 4. The average molecular weight is 253 g/mol. The molecule has 1 aromatic heterocycles. The number of hydrazine groups is 1. The average Bonchev–Trinajstić information content (AvgIpc) is 2.21. The number of anilines is 2. The fourth-order valence-corrected chi connectivity index (χ4v) is 1.21. The largest absolute Gasteiger partial charge is 0.357 e. The maximum atomic E-state index is 5.24. The number of nitrogens with two attached hydrogens (primary N) is 1. The predicted octanol–water partition coefficient (Wildman–Crippen LogP) is 2.06. The standard InChI is InChI=1S/C9H16N4.2ClH/c1-3-13(4-2)9-6-5-8(12-10)7-11-9;;/h5-7,12H,3-4,10H2,1-2H3;2*1H. The van der Waals surface area contributed by atoms with E-state index < -0.39 is 0 Å². The van der Waals surface area contributed by atoms with Crippen LogP contribution in [0.15, 0.2) is 18.3 Å². The highest BCUT2D eigenvalue weighted by atomic mass is 35.5. The summed E-state index contributed by atoms with van der Waals surface area (Å²) < 4.78 is 0. The maximum Gasteiger partial charge on any atom is 0.128 e. The zero-order valence-corrected chi connectivity index (χ0v) is 10.6. The van der Waals surface area contributed by atoms with Gasteiger partial charge in [-0.1, -0.05) is 0 Å². The lowest BCUT2D eigenvalue weighted by molar-refractivity contribution is 0.846. The van der Waals surface area contributed by atoms with E-state index in [0.29, 0.717) is 0 Å². The smallest absolute Gasteiger partial charge is 0.128 e. The van der Waals surface area contributed by atoms with Crippen LogP contribution in [-0.2, 0) is 0 Å². The lowest BCUT2D eigenvalue weighted by Crippen LogP contribution is -2.22. The Hall–Kier alpha value is -0.710. The van der Waals surface area contributed by atoms with Crippen LogP contribution >= 0.6 is 24.8 Å². The Bertz CT molecular complexity index is 249. The summed E-state index contributed by atoms with van der Waals surface area (Å²) in [6.45, 7) is 6.17. The summed E-state index contributed by atoms with van der Waals surface area (Å²) in [5, 5.41) is 0. The monoisotopic (exact) mass is 252 g/mol. The van der Waals surface area contributed by atoms with Crippen LogP contribution in [0.4, 0.5) is 11.5 Å². The normalized spacial score (nSPS) is 8.47. The molecule has 3 N–H and O–H groups in total. The van der Waals surface area contributed by atoms with Crippen LogP contribution in [0.3, 0.4) is 0 Å². The summed E-state index contributed by atoms with van der Waals surface area (Å²) in [5.74, 6) is 6.23. The molecule has 1 rings (SSSR count). The van der Waals surface area contributed by atoms with Crippen LogP contribution in [0.1, 0.15) is 13.8 Å². The van der Waals surface area contributed by atoms with Crippen molar-refractivity contribution in [3.8, 4) is 0 Å². The minimum atomic E-state index is 0. The number of nitrogen functional groups attached to an aromatic ring is 1. The van der Waals surface area contributed by atoms with Crippen LogP contribution < -0.4 is 16.2 Å². The number of nitrogens with one attached hydrogen (secondary N) is 1. The molecule has 4 nitrogen and oxygen atoms in total. The van der Waals surface area contributed by atoms with E-state index in [1.165, 1.54) is 0 Å². The SMILES string of the molecule is CCN(CC)c1ccc(NN)cn1.Cl.Cl. The van der Waals surface area contributed by atoms with E-state index in [-0.39, 0.29) is 24.8 Å². The van der Waals surface area contributed by atoms with Crippen LogP contribution in [0, 0.1) is 0 Å². The van der Waals surface area contributed by atoms with Gasteiger partial charge in [0.25, 0.3) is 0 Å². The maximum absolute atomic E-state index is 5.24. The lowest BCUT2D eigenvalue weighted by atomic mass is 10.4. The van der Waals surface area contributed by atoms with Crippen LogP contribution in [-0.4, -0.2) is 18.1 Å². The zero-order chi connectivity index (χ0) is 9.68. The molecule has 6 heteroatoms. The van der Waals surface area contributed by atoms with Gasteiger partial charge in [0, 0.05) is 13.1 Å². The Morgan fingerprint density at radius 2 is 1.87 bits per heavy atom. The molecule has 0 atom stereocenters. The summed E-state index contributed by atoms with van der Waals surface area (Å²) >= 11 is 0. The van der Waals surface area contributed by atoms with E-state index in [2.05, 4.69) is 29.2 Å². The fraction of sp³-hybridized carbons (Fsp3) is 0.444. The van der Waals surface area contributed by atoms with Crippen molar-refractivity contribution in [2.45, 2.75) is 13.8 Å². The van der Waals surface area contributed by atoms with Crippen molar-refractivity contribution in [1.29, 1.82) is 0 Å². The molecule has 15 heavy (non-hydrogen) atoms. The topological polar surface area (TPSA) is 54.2 Å². The second-order valence-electron chi connectivity index (χ2n) is 2.72. The van der Waals surface area contributed by atoms with Crippen LogP contribution in [0.2, 0.25) is 0 Å². The van der Waals surface area contributed by atoms with E-state index in [0.717, 1.165) is 24.6 Å². The van der Waals surface area contributed by atoms with Crippen molar-refractivity contribution in [2.24, 2.45) is 5.84 Å². The first-order valence-electron chi connectivity index (χ1n) is 4.49. The summed E-state index contributed by atoms with van der Waals surface area (Å²) in [5.41, 5.74) is 3.38. The third-order valence-electron chi connectivity index (χ3n) is 2.00. The Balaban J connectivity index is 0. The number of halogens is 2. The molecule has 0 fully saturated rings. The highest BCUT2D eigenvalue weighted by Crippen LogP contribution is 2.12. The first kappa shape index (κ1) is 16.7. The summed E-state index contributed by atoms with van der Waals surface area (Å²) in [7, 11) is 0. The van der Waals surface area contributed by atoms with Gasteiger partial charge in [0.05, 0.1) is 11.9 Å². The molecular weight excluding hydrogens is 235 g/mol. The van der Waals surface area contributed by atoms with Crippen LogP contribution in [0.25, 0.3) is 0 Å². The molecule has 0 aliphatic rings. The highest BCUT2D eigenvalue weighted by Gasteiger charge is 2.01.